The number of carbonyl (C=O) groups is 1. The van der Waals surface area contributed by atoms with Gasteiger partial charge in [-0.3, -0.25) is 4.79 Å². The van der Waals surface area contributed by atoms with Crippen molar-refractivity contribution in [3.63, 3.8) is 0 Å². The molecule has 0 saturated heterocycles. The zero-order valence-electron chi connectivity index (χ0n) is 17.4. The smallest absolute Gasteiger partial charge is 0.230 e. The zero-order chi connectivity index (χ0) is 21.8. The molecule has 162 valence electrons. The van der Waals surface area contributed by atoms with E-state index in [1.165, 1.54) is 11.8 Å². The number of thioether (sulfide) groups is 1. The summed E-state index contributed by atoms with van der Waals surface area (Å²) in [5, 5.41) is 12.8. The molecule has 1 aliphatic rings. The average Bonchev–Trinajstić information content (AvgIpc) is 2.97. The minimum atomic E-state index is -0.0961. The molecule has 3 aromatic rings. The average molecular weight is 459 g/mol. The first-order chi connectivity index (χ1) is 15.0. The number of hydrogen-bond donors (Lipinski definition) is 1. The molecule has 2 heterocycles. The summed E-state index contributed by atoms with van der Waals surface area (Å²) >= 11 is 7.47. The number of amides is 1. The first kappa shape index (κ1) is 21.5. The molecular formula is C22H23ClN4O3S. The highest BCUT2D eigenvalue weighted by molar-refractivity contribution is 7.99. The van der Waals surface area contributed by atoms with Crippen molar-refractivity contribution in [1.82, 2.24) is 20.1 Å². The quantitative estimate of drug-likeness (QED) is 0.562. The van der Waals surface area contributed by atoms with Crippen LogP contribution in [0.1, 0.15) is 17.5 Å². The van der Waals surface area contributed by atoms with Crippen LogP contribution in [0.4, 0.5) is 0 Å². The van der Waals surface area contributed by atoms with Crippen LogP contribution in [-0.4, -0.2) is 39.6 Å². The van der Waals surface area contributed by atoms with E-state index in [2.05, 4.69) is 15.5 Å². The van der Waals surface area contributed by atoms with Crippen LogP contribution in [-0.2, 0) is 18.4 Å². The van der Waals surface area contributed by atoms with Crippen LogP contribution >= 0.6 is 23.4 Å². The molecule has 1 N–H and O–H groups in total. The van der Waals surface area contributed by atoms with E-state index >= 15 is 0 Å². The topological polar surface area (TPSA) is 78.3 Å². The third kappa shape index (κ3) is 4.97. The van der Waals surface area contributed by atoms with Gasteiger partial charge in [0.25, 0.3) is 0 Å². The van der Waals surface area contributed by atoms with Gasteiger partial charge >= 0.3 is 0 Å². The number of fused-ring (bicyclic) bond motifs is 1. The summed E-state index contributed by atoms with van der Waals surface area (Å²) < 4.78 is 13.5. The van der Waals surface area contributed by atoms with Gasteiger partial charge in [-0.25, -0.2) is 0 Å². The number of halogens is 1. The Balaban J connectivity index is 1.42. The molecule has 0 atom stereocenters. The first-order valence-corrected chi connectivity index (χ1v) is 11.3. The largest absolute Gasteiger partial charge is 0.490 e. The number of aromatic nitrogens is 3. The highest BCUT2D eigenvalue weighted by Gasteiger charge is 2.19. The molecule has 0 aliphatic carbocycles. The normalized spacial score (nSPS) is 13.0. The fourth-order valence-electron chi connectivity index (χ4n) is 3.24. The van der Waals surface area contributed by atoms with Crippen molar-refractivity contribution < 1.29 is 14.3 Å². The van der Waals surface area contributed by atoms with Crippen LogP contribution in [0.5, 0.6) is 11.5 Å². The predicted octanol–water partition coefficient (Wildman–Crippen LogP) is 4.01. The molecule has 0 saturated carbocycles. The van der Waals surface area contributed by atoms with Gasteiger partial charge in [-0.2, -0.15) is 0 Å². The van der Waals surface area contributed by atoms with Gasteiger partial charge < -0.3 is 19.4 Å². The molecule has 7 nitrogen and oxygen atoms in total. The van der Waals surface area contributed by atoms with Crippen molar-refractivity contribution in [2.24, 2.45) is 7.05 Å². The molecule has 0 unspecified atom stereocenters. The Kier molecular flexibility index (Phi) is 6.67. The molecule has 0 fully saturated rings. The van der Waals surface area contributed by atoms with E-state index < -0.39 is 0 Å². The summed E-state index contributed by atoms with van der Waals surface area (Å²) in [4.78, 5) is 12.3. The molecule has 1 aliphatic heterocycles. The molecular weight excluding hydrogens is 436 g/mol. The fraction of sp³-hybridized carbons (Fsp3) is 0.318. The maximum Gasteiger partial charge on any atom is 0.230 e. The molecule has 1 amide bonds. The Morgan fingerprint density at radius 1 is 1.19 bits per heavy atom. The van der Waals surface area contributed by atoms with Crippen molar-refractivity contribution in [1.29, 1.82) is 0 Å². The highest BCUT2D eigenvalue weighted by atomic mass is 35.5. The predicted molar refractivity (Wildman–Crippen MR) is 121 cm³/mol. The van der Waals surface area contributed by atoms with E-state index in [9.17, 15) is 4.79 Å². The Morgan fingerprint density at radius 2 is 1.94 bits per heavy atom. The van der Waals surface area contributed by atoms with Crippen LogP contribution < -0.4 is 14.8 Å². The van der Waals surface area contributed by atoms with E-state index in [-0.39, 0.29) is 11.7 Å². The van der Waals surface area contributed by atoms with Crippen LogP contribution in [0.15, 0.2) is 41.6 Å². The van der Waals surface area contributed by atoms with Crippen LogP contribution in [0.2, 0.25) is 5.02 Å². The number of nitrogens with one attached hydrogen (secondary N) is 1. The number of benzene rings is 2. The number of carbonyl (C=O) groups excluding carboxylic acids is 1. The minimum absolute atomic E-state index is 0.0961. The molecule has 0 bridgehead atoms. The van der Waals surface area contributed by atoms with Gasteiger partial charge in [0.15, 0.2) is 22.5 Å². The van der Waals surface area contributed by atoms with Crippen LogP contribution in [0.3, 0.4) is 0 Å². The number of nitrogens with zero attached hydrogens (tertiary/aromatic N) is 3. The van der Waals surface area contributed by atoms with Gasteiger partial charge in [-0.15, -0.1) is 10.2 Å². The van der Waals surface area contributed by atoms with E-state index in [0.717, 1.165) is 28.9 Å². The van der Waals surface area contributed by atoms with E-state index in [0.29, 0.717) is 41.5 Å². The Labute approximate surface area is 190 Å². The molecule has 4 rings (SSSR count). The third-order valence-corrected chi connectivity index (χ3v) is 6.33. The van der Waals surface area contributed by atoms with Gasteiger partial charge in [0, 0.05) is 30.6 Å². The van der Waals surface area contributed by atoms with Crippen molar-refractivity contribution in [3.05, 3.63) is 52.5 Å². The minimum Gasteiger partial charge on any atom is -0.490 e. The monoisotopic (exact) mass is 458 g/mol. The lowest BCUT2D eigenvalue weighted by Crippen LogP contribution is -2.24. The SMILES string of the molecule is Cc1cc2c(cc1-c1nnc(SCC(=O)NCc3ccccc3Cl)n1C)OCCCO2. The maximum atomic E-state index is 12.3. The lowest BCUT2D eigenvalue weighted by atomic mass is 10.1. The Bertz CT molecular complexity index is 1100. The number of hydrogen-bond acceptors (Lipinski definition) is 6. The van der Waals surface area contributed by atoms with Crippen molar-refractivity contribution in [2.45, 2.75) is 25.0 Å². The fourth-order valence-corrected chi connectivity index (χ4v) is 4.19. The van der Waals surface area contributed by atoms with E-state index in [4.69, 9.17) is 21.1 Å². The molecule has 9 heteroatoms. The lowest BCUT2D eigenvalue weighted by molar-refractivity contribution is -0.118. The molecule has 31 heavy (non-hydrogen) atoms. The lowest BCUT2D eigenvalue weighted by Gasteiger charge is -2.12. The molecule has 0 spiro atoms. The van der Waals surface area contributed by atoms with E-state index in [1.807, 2.05) is 48.9 Å². The second kappa shape index (κ2) is 9.62. The van der Waals surface area contributed by atoms with Gasteiger partial charge in [0.05, 0.1) is 19.0 Å². The Hall–Kier alpha value is -2.71. The summed E-state index contributed by atoms with van der Waals surface area (Å²) in [6.45, 7) is 3.67. The second-order valence-electron chi connectivity index (χ2n) is 7.19. The number of ether oxygens (including phenoxy) is 2. The Morgan fingerprint density at radius 3 is 2.71 bits per heavy atom. The van der Waals surface area contributed by atoms with Crippen molar-refractivity contribution >= 4 is 29.3 Å². The molecule has 0 radical (unpaired) electrons. The van der Waals surface area contributed by atoms with Crippen LogP contribution in [0, 0.1) is 6.92 Å². The highest BCUT2D eigenvalue weighted by Crippen LogP contribution is 2.37. The van der Waals surface area contributed by atoms with Crippen molar-refractivity contribution in [2.75, 3.05) is 19.0 Å². The summed E-state index contributed by atoms with van der Waals surface area (Å²) in [7, 11) is 1.89. The summed E-state index contributed by atoms with van der Waals surface area (Å²) in [5.74, 6) is 2.32. The zero-order valence-corrected chi connectivity index (χ0v) is 18.9. The summed E-state index contributed by atoms with van der Waals surface area (Å²) in [6, 6.07) is 11.4. The molecule has 1 aromatic heterocycles. The third-order valence-electron chi connectivity index (χ3n) is 4.94. The number of aryl methyl sites for hydroxylation is 1. The first-order valence-electron chi connectivity index (χ1n) is 9.96. The standard InChI is InChI=1S/C22H23ClN4O3S/c1-14-10-18-19(30-9-5-8-29-18)11-16(14)21-25-26-22(27(21)2)31-13-20(28)24-12-15-6-3-4-7-17(15)23/h3-4,6-7,10-11H,5,8-9,12-13H2,1-2H3,(H,24,28). The van der Waals surface area contributed by atoms with Gasteiger partial charge in [-0.1, -0.05) is 41.6 Å². The maximum absolute atomic E-state index is 12.3. The van der Waals surface area contributed by atoms with Gasteiger partial charge in [-0.05, 0) is 36.2 Å². The van der Waals surface area contributed by atoms with Crippen LogP contribution in [0.25, 0.3) is 11.4 Å². The second-order valence-corrected chi connectivity index (χ2v) is 8.54. The van der Waals surface area contributed by atoms with E-state index in [1.54, 1.807) is 6.07 Å². The summed E-state index contributed by atoms with van der Waals surface area (Å²) in [6.07, 6.45) is 0.854. The van der Waals surface area contributed by atoms with Gasteiger partial charge in [0.1, 0.15) is 0 Å². The van der Waals surface area contributed by atoms with Crippen molar-refractivity contribution in [3.8, 4) is 22.9 Å². The summed E-state index contributed by atoms with van der Waals surface area (Å²) in [5.41, 5.74) is 2.83. The molecule has 2 aromatic carbocycles. The number of rotatable bonds is 6. The van der Waals surface area contributed by atoms with Gasteiger partial charge in [0.2, 0.25) is 5.91 Å².